The molecule has 0 saturated heterocycles. The third-order valence-corrected chi connectivity index (χ3v) is 3.29. The highest BCUT2D eigenvalue weighted by Gasteiger charge is 2.46. The average molecular weight is 297 g/mol. The molecule has 1 amide bonds. The van der Waals surface area contributed by atoms with E-state index in [4.69, 9.17) is 4.74 Å². The van der Waals surface area contributed by atoms with E-state index in [9.17, 15) is 23.1 Å². The number of carbonyl (C=O) groups excluding carboxylic acids is 1. The maximum Gasteiger partial charge on any atom is 0.414 e. The summed E-state index contributed by atoms with van der Waals surface area (Å²) in [7, 11) is 0. The van der Waals surface area contributed by atoms with Gasteiger partial charge in [-0.3, -0.25) is 0 Å². The number of rotatable bonds is 3. The summed E-state index contributed by atoms with van der Waals surface area (Å²) in [4.78, 5) is 11.8. The minimum atomic E-state index is -4.68. The van der Waals surface area contributed by atoms with Crippen LogP contribution in [0.2, 0.25) is 0 Å². The largest absolute Gasteiger partial charge is 0.444 e. The zero-order chi connectivity index (χ0) is 15.6. The Morgan fingerprint density at radius 1 is 1.30 bits per heavy atom. The molecular weight excluding hydrogens is 275 g/mol. The summed E-state index contributed by atoms with van der Waals surface area (Å²) in [6, 6.07) is 0. The van der Waals surface area contributed by atoms with Gasteiger partial charge in [-0.25, -0.2) is 4.79 Å². The number of ether oxygens (including phenoxy) is 1. The van der Waals surface area contributed by atoms with Crippen LogP contribution in [0.15, 0.2) is 0 Å². The number of amides is 1. The van der Waals surface area contributed by atoms with E-state index in [1.54, 1.807) is 20.8 Å². The number of aliphatic hydroxyl groups is 1. The number of aliphatic hydroxyl groups excluding tert-OH is 1. The lowest BCUT2D eigenvalue weighted by Crippen LogP contribution is -2.51. The quantitative estimate of drug-likeness (QED) is 0.841. The Hall–Kier alpha value is -0.980. The maximum atomic E-state index is 12.5. The molecule has 0 aromatic carbocycles. The van der Waals surface area contributed by atoms with Crippen molar-refractivity contribution in [3.8, 4) is 0 Å². The summed E-state index contributed by atoms with van der Waals surface area (Å²) in [6.07, 6.45) is -6.11. The first-order valence-corrected chi connectivity index (χ1v) is 6.70. The second kappa shape index (κ2) is 5.79. The predicted molar refractivity (Wildman–Crippen MR) is 67.2 cm³/mol. The van der Waals surface area contributed by atoms with Crippen LogP contribution in [0.5, 0.6) is 0 Å². The van der Waals surface area contributed by atoms with Gasteiger partial charge in [-0.15, -0.1) is 0 Å². The Morgan fingerprint density at radius 2 is 1.80 bits per heavy atom. The number of carbonyl (C=O) groups is 1. The van der Waals surface area contributed by atoms with Crippen LogP contribution in [0, 0.1) is 0 Å². The molecule has 20 heavy (non-hydrogen) atoms. The molecule has 1 aliphatic carbocycles. The van der Waals surface area contributed by atoms with Crippen molar-refractivity contribution >= 4 is 6.09 Å². The topological polar surface area (TPSA) is 58.6 Å². The summed E-state index contributed by atoms with van der Waals surface area (Å²) >= 11 is 0. The molecule has 0 aliphatic heterocycles. The summed E-state index contributed by atoms with van der Waals surface area (Å²) in [5.41, 5.74) is -1.75. The maximum absolute atomic E-state index is 12.5. The number of nitrogens with one attached hydrogen (secondary N) is 1. The number of hydrogen-bond acceptors (Lipinski definition) is 3. The molecule has 0 aromatic rings. The zero-order valence-electron chi connectivity index (χ0n) is 12.0. The first-order chi connectivity index (χ1) is 8.94. The smallest absolute Gasteiger partial charge is 0.414 e. The molecule has 1 atom stereocenters. The molecule has 2 N–H and O–H groups in total. The molecule has 0 heterocycles. The number of hydrogen-bond donors (Lipinski definition) is 2. The van der Waals surface area contributed by atoms with Gasteiger partial charge in [-0.1, -0.05) is 12.8 Å². The molecule has 4 nitrogen and oxygen atoms in total. The van der Waals surface area contributed by atoms with E-state index in [1.807, 2.05) is 0 Å². The van der Waals surface area contributed by atoms with Gasteiger partial charge in [-0.2, -0.15) is 13.2 Å². The standard InChI is InChI=1S/C13H22F3NO3/c1-11(2,3)20-10(19)17-12(6-4-5-7-12)8-9(18)13(14,15)16/h9,18H,4-8H2,1-3H3,(H,17,19). The van der Waals surface area contributed by atoms with Crippen molar-refractivity contribution in [1.82, 2.24) is 5.32 Å². The van der Waals surface area contributed by atoms with Gasteiger partial charge in [0, 0.05) is 12.0 Å². The Kier molecular flexibility index (Phi) is 4.94. The molecule has 7 heteroatoms. The van der Waals surface area contributed by atoms with Crippen molar-refractivity contribution < 1.29 is 27.8 Å². The molecule has 118 valence electrons. The van der Waals surface area contributed by atoms with Crippen LogP contribution in [0.1, 0.15) is 52.9 Å². The van der Waals surface area contributed by atoms with Gasteiger partial charge in [0.15, 0.2) is 6.10 Å². The van der Waals surface area contributed by atoms with Gasteiger partial charge in [0.25, 0.3) is 0 Å². The van der Waals surface area contributed by atoms with Crippen LogP contribution >= 0.6 is 0 Å². The Balaban J connectivity index is 2.70. The summed E-state index contributed by atoms with van der Waals surface area (Å²) in [5.74, 6) is 0. The van der Waals surface area contributed by atoms with E-state index < -0.39 is 35.9 Å². The lowest BCUT2D eigenvalue weighted by molar-refractivity contribution is -0.210. The van der Waals surface area contributed by atoms with Crippen molar-refractivity contribution in [2.45, 2.75) is 76.3 Å². The Bertz CT molecular complexity index is 344. The van der Waals surface area contributed by atoms with Gasteiger partial charge < -0.3 is 15.2 Å². The molecule has 0 radical (unpaired) electrons. The van der Waals surface area contributed by atoms with Gasteiger partial charge in [0.1, 0.15) is 5.60 Å². The van der Waals surface area contributed by atoms with E-state index in [2.05, 4.69) is 5.32 Å². The van der Waals surface area contributed by atoms with Gasteiger partial charge >= 0.3 is 12.3 Å². The first kappa shape index (κ1) is 17.1. The van der Waals surface area contributed by atoms with Crippen LogP contribution in [0.4, 0.5) is 18.0 Å². The first-order valence-electron chi connectivity index (χ1n) is 6.70. The number of alkyl carbamates (subject to hydrolysis) is 1. The fourth-order valence-electron chi connectivity index (χ4n) is 2.44. The summed E-state index contributed by atoms with van der Waals surface area (Å²) in [5, 5.41) is 11.8. The molecule has 0 spiro atoms. The molecule has 1 aliphatic rings. The molecule has 0 bridgehead atoms. The monoisotopic (exact) mass is 297 g/mol. The Morgan fingerprint density at radius 3 is 2.20 bits per heavy atom. The highest BCUT2D eigenvalue weighted by molar-refractivity contribution is 5.68. The van der Waals surface area contributed by atoms with E-state index in [0.717, 1.165) is 12.8 Å². The van der Waals surface area contributed by atoms with Gasteiger partial charge in [0.05, 0.1) is 0 Å². The average Bonchev–Trinajstić information content (AvgIpc) is 2.61. The number of alkyl halides is 3. The molecular formula is C13H22F3NO3. The van der Waals surface area contributed by atoms with Crippen molar-refractivity contribution in [3.05, 3.63) is 0 Å². The third kappa shape index (κ3) is 5.19. The van der Waals surface area contributed by atoms with Crippen molar-refractivity contribution in [3.63, 3.8) is 0 Å². The van der Waals surface area contributed by atoms with E-state index in [0.29, 0.717) is 12.8 Å². The summed E-state index contributed by atoms with van der Waals surface area (Å²) in [6.45, 7) is 5.04. The fourth-order valence-corrected chi connectivity index (χ4v) is 2.44. The van der Waals surface area contributed by atoms with Crippen LogP contribution in [-0.4, -0.2) is 34.6 Å². The van der Waals surface area contributed by atoms with E-state index in [1.165, 1.54) is 0 Å². The van der Waals surface area contributed by atoms with Gasteiger partial charge in [0.2, 0.25) is 0 Å². The molecule has 1 unspecified atom stereocenters. The van der Waals surface area contributed by atoms with Crippen LogP contribution in [-0.2, 0) is 4.74 Å². The van der Waals surface area contributed by atoms with E-state index >= 15 is 0 Å². The van der Waals surface area contributed by atoms with Gasteiger partial charge in [-0.05, 0) is 33.6 Å². The third-order valence-electron chi connectivity index (χ3n) is 3.29. The molecule has 0 aromatic heterocycles. The second-order valence-corrected chi connectivity index (χ2v) is 6.38. The lowest BCUT2D eigenvalue weighted by atomic mass is 9.90. The minimum Gasteiger partial charge on any atom is -0.444 e. The Labute approximate surface area is 116 Å². The SMILES string of the molecule is CC(C)(C)OC(=O)NC1(CC(O)C(F)(F)F)CCCC1. The summed E-state index contributed by atoms with van der Waals surface area (Å²) < 4.78 is 42.5. The second-order valence-electron chi connectivity index (χ2n) is 6.38. The van der Waals surface area contributed by atoms with Crippen molar-refractivity contribution in [2.24, 2.45) is 0 Å². The van der Waals surface area contributed by atoms with Crippen LogP contribution < -0.4 is 5.32 Å². The lowest BCUT2D eigenvalue weighted by Gasteiger charge is -2.33. The molecule has 1 saturated carbocycles. The predicted octanol–water partition coefficient (Wildman–Crippen LogP) is 3.14. The molecule has 1 fully saturated rings. The number of halogens is 3. The van der Waals surface area contributed by atoms with E-state index in [-0.39, 0.29) is 0 Å². The normalized spacial score (nSPS) is 20.6. The van der Waals surface area contributed by atoms with Crippen LogP contribution in [0.25, 0.3) is 0 Å². The highest BCUT2D eigenvalue weighted by Crippen LogP contribution is 2.37. The fraction of sp³-hybridized carbons (Fsp3) is 0.923. The highest BCUT2D eigenvalue weighted by atomic mass is 19.4. The molecule has 1 rings (SSSR count). The van der Waals surface area contributed by atoms with Crippen molar-refractivity contribution in [1.29, 1.82) is 0 Å². The minimum absolute atomic E-state index is 0.416. The van der Waals surface area contributed by atoms with Crippen LogP contribution in [0.3, 0.4) is 0 Å². The van der Waals surface area contributed by atoms with Crippen molar-refractivity contribution in [2.75, 3.05) is 0 Å². The zero-order valence-corrected chi connectivity index (χ0v) is 12.0.